The summed E-state index contributed by atoms with van der Waals surface area (Å²) in [5, 5.41) is 2.80. The third-order valence-corrected chi connectivity index (χ3v) is 7.75. The van der Waals surface area contributed by atoms with E-state index in [-0.39, 0.29) is 11.9 Å². The Balaban J connectivity index is 1.71. The molecule has 2 aromatic heterocycles. The summed E-state index contributed by atoms with van der Waals surface area (Å²) in [5.74, 6) is 1.73. The van der Waals surface area contributed by atoms with Crippen LogP contribution in [0.5, 0.6) is 17.2 Å². The number of ether oxygens (including phenoxy) is 3. The molecule has 2 heterocycles. The van der Waals surface area contributed by atoms with Gasteiger partial charge in [-0.1, -0.05) is 24.3 Å². The quantitative estimate of drug-likeness (QED) is 0.279. The molecule has 1 amide bonds. The van der Waals surface area contributed by atoms with Crippen LogP contribution in [0.1, 0.15) is 39.2 Å². The van der Waals surface area contributed by atoms with E-state index in [0.717, 1.165) is 56.6 Å². The van der Waals surface area contributed by atoms with Gasteiger partial charge in [0.1, 0.15) is 0 Å². The lowest BCUT2D eigenvalue weighted by Gasteiger charge is -2.25. The summed E-state index contributed by atoms with van der Waals surface area (Å²) in [7, 11) is 4.82. The molecule has 5 rings (SSSR count). The van der Waals surface area contributed by atoms with Gasteiger partial charge >= 0.3 is 0 Å². The molecule has 0 aliphatic heterocycles. The average Bonchev–Trinajstić information content (AvgIpc) is 3.64. The number of aromatic nitrogens is 1. The van der Waals surface area contributed by atoms with Crippen molar-refractivity contribution in [1.82, 2.24) is 9.88 Å². The van der Waals surface area contributed by atoms with Crippen molar-refractivity contribution in [1.29, 1.82) is 0 Å². The first-order chi connectivity index (χ1) is 17.5. The van der Waals surface area contributed by atoms with Gasteiger partial charge in [-0.25, -0.2) is 4.98 Å². The number of rotatable bonds is 8. The zero-order valence-electron chi connectivity index (χ0n) is 21.3. The second-order valence-corrected chi connectivity index (χ2v) is 10.0. The van der Waals surface area contributed by atoms with Crippen molar-refractivity contribution in [3.8, 4) is 28.5 Å². The third kappa shape index (κ3) is 4.28. The molecule has 1 saturated carbocycles. The highest BCUT2D eigenvalue weighted by Gasteiger charge is 2.35. The number of fused-ring (bicyclic) bond motifs is 1. The van der Waals surface area contributed by atoms with Crippen molar-refractivity contribution in [2.75, 3.05) is 21.3 Å². The number of hydrogen-bond donors (Lipinski definition) is 0. The van der Waals surface area contributed by atoms with E-state index < -0.39 is 0 Å². The fourth-order valence-electron chi connectivity index (χ4n) is 4.68. The molecule has 0 atom stereocenters. The monoisotopic (exact) mass is 502 g/mol. The van der Waals surface area contributed by atoms with Crippen molar-refractivity contribution < 1.29 is 19.0 Å². The lowest BCUT2D eigenvalue weighted by Crippen LogP contribution is -2.32. The minimum absolute atomic E-state index is 0.0834. The Kier molecular flexibility index (Phi) is 6.58. The van der Waals surface area contributed by atoms with Crippen molar-refractivity contribution in [2.45, 2.75) is 39.3 Å². The van der Waals surface area contributed by atoms with E-state index in [1.807, 2.05) is 41.5 Å². The molecular weight excluding hydrogens is 472 g/mol. The number of benzene rings is 2. The molecule has 0 radical (unpaired) electrons. The summed E-state index contributed by atoms with van der Waals surface area (Å²) >= 11 is 1.51. The lowest BCUT2D eigenvalue weighted by molar-refractivity contribution is 0.0734. The summed E-state index contributed by atoms with van der Waals surface area (Å²) in [6.07, 6.45) is 2.04. The van der Waals surface area contributed by atoms with Crippen LogP contribution in [0, 0.1) is 13.8 Å². The zero-order valence-corrected chi connectivity index (χ0v) is 22.1. The molecule has 0 spiro atoms. The van der Waals surface area contributed by atoms with Crippen LogP contribution in [0.4, 0.5) is 0 Å². The number of amides is 1. The van der Waals surface area contributed by atoms with Gasteiger partial charge in [-0.15, -0.1) is 11.3 Å². The number of thiophene rings is 1. The van der Waals surface area contributed by atoms with Crippen LogP contribution in [0.15, 0.2) is 47.8 Å². The van der Waals surface area contributed by atoms with Crippen LogP contribution in [0.2, 0.25) is 0 Å². The Hall–Kier alpha value is -3.58. The normalized spacial score (nSPS) is 13.0. The Morgan fingerprint density at radius 1 is 1.00 bits per heavy atom. The van der Waals surface area contributed by atoms with Gasteiger partial charge < -0.3 is 19.1 Å². The number of carbonyl (C=O) groups is 1. The predicted octanol–water partition coefficient (Wildman–Crippen LogP) is 6.41. The molecule has 7 heteroatoms. The average molecular weight is 503 g/mol. The number of pyridine rings is 1. The number of nitrogens with zero attached hydrogens (tertiary/aromatic N) is 2. The molecular formula is C29H30N2O4S. The molecule has 6 nitrogen and oxygen atoms in total. The number of carbonyl (C=O) groups excluding carboxylic acids is 1. The maximum Gasteiger partial charge on any atom is 0.264 e. The van der Waals surface area contributed by atoms with Crippen molar-refractivity contribution in [2.24, 2.45) is 0 Å². The van der Waals surface area contributed by atoms with Crippen LogP contribution in [-0.2, 0) is 6.54 Å². The second kappa shape index (κ2) is 9.82. The largest absolute Gasteiger partial charge is 0.493 e. The van der Waals surface area contributed by atoms with Crippen LogP contribution < -0.4 is 14.2 Å². The van der Waals surface area contributed by atoms with Crippen LogP contribution in [-0.4, -0.2) is 43.2 Å². The maximum atomic E-state index is 13.7. The van der Waals surface area contributed by atoms with E-state index in [0.29, 0.717) is 23.8 Å². The molecule has 0 saturated heterocycles. The molecule has 2 aromatic carbocycles. The van der Waals surface area contributed by atoms with E-state index in [1.165, 1.54) is 11.3 Å². The van der Waals surface area contributed by atoms with E-state index in [4.69, 9.17) is 19.2 Å². The highest BCUT2D eigenvalue weighted by molar-refractivity contribution is 7.12. The van der Waals surface area contributed by atoms with Gasteiger partial charge in [0, 0.05) is 29.6 Å². The standard InChI is InChI=1S/C29H30N2O4S/c1-17-8-6-7-9-21(17)25-19(16-31(20-10-11-20)29(32)28-18(2)12-13-36-28)14-22-23(30-25)15-24(33-3)27(35-5)26(22)34-4/h6-9,12-15,20H,10-11,16H2,1-5H3. The van der Waals surface area contributed by atoms with E-state index >= 15 is 0 Å². The summed E-state index contributed by atoms with van der Waals surface area (Å²) < 4.78 is 17.0. The van der Waals surface area contributed by atoms with Gasteiger partial charge in [-0.2, -0.15) is 0 Å². The summed E-state index contributed by atoms with van der Waals surface area (Å²) in [6, 6.07) is 14.4. The highest BCUT2D eigenvalue weighted by Crippen LogP contribution is 2.44. The molecule has 36 heavy (non-hydrogen) atoms. The van der Waals surface area contributed by atoms with E-state index in [9.17, 15) is 4.79 Å². The molecule has 1 aliphatic rings. The number of hydrogen-bond acceptors (Lipinski definition) is 6. The third-order valence-electron chi connectivity index (χ3n) is 6.75. The van der Waals surface area contributed by atoms with Crippen LogP contribution in [0.3, 0.4) is 0 Å². The van der Waals surface area contributed by atoms with Crippen molar-refractivity contribution in [3.63, 3.8) is 0 Å². The molecule has 186 valence electrons. The van der Waals surface area contributed by atoms with Gasteiger partial charge in [0.15, 0.2) is 11.5 Å². The van der Waals surface area contributed by atoms with E-state index in [2.05, 4.69) is 25.1 Å². The zero-order chi connectivity index (χ0) is 25.4. The van der Waals surface area contributed by atoms with Gasteiger partial charge in [0.25, 0.3) is 5.91 Å². The Labute approximate surface area is 215 Å². The first-order valence-corrected chi connectivity index (χ1v) is 12.9. The van der Waals surface area contributed by atoms with Crippen molar-refractivity contribution in [3.05, 3.63) is 69.4 Å². The fraction of sp³-hybridized carbons (Fsp3) is 0.310. The Morgan fingerprint density at radius 3 is 2.36 bits per heavy atom. The second-order valence-electron chi connectivity index (χ2n) is 9.12. The number of methoxy groups -OCH3 is 3. The van der Waals surface area contributed by atoms with Gasteiger partial charge in [0.05, 0.1) is 37.4 Å². The predicted molar refractivity (Wildman–Crippen MR) is 144 cm³/mol. The molecule has 0 N–H and O–H groups in total. The Bertz CT molecular complexity index is 1440. The molecule has 0 unspecified atom stereocenters. The van der Waals surface area contributed by atoms with Gasteiger partial charge in [-0.3, -0.25) is 4.79 Å². The fourth-order valence-corrected chi connectivity index (χ4v) is 5.56. The summed E-state index contributed by atoms with van der Waals surface area (Å²) in [6.45, 7) is 4.54. The van der Waals surface area contributed by atoms with Crippen LogP contribution in [0.25, 0.3) is 22.2 Å². The Morgan fingerprint density at radius 2 is 1.75 bits per heavy atom. The lowest BCUT2D eigenvalue weighted by atomic mass is 9.98. The van der Waals surface area contributed by atoms with Gasteiger partial charge in [0.2, 0.25) is 5.75 Å². The highest BCUT2D eigenvalue weighted by atomic mass is 32.1. The molecule has 1 fully saturated rings. The maximum absolute atomic E-state index is 13.7. The number of aryl methyl sites for hydroxylation is 2. The van der Waals surface area contributed by atoms with E-state index in [1.54, 1.807) is 21.3 Å². The topological polar surface area (TPSA) is 60.9 Å². The molecule has 4 aromatic rings. The van der Waals surface area contributed by atoms with Crippen LogP contribution >= 0.6 is 11.3 Å². The smallest absolute Gasteiger partial charge is 0.264 e. The van der Waals surface area contributed by atoms with Gasteiger partial charge in [-0.05, 0) is 60.9 Å². The summed E-state index contributed by atoms with van der Waals surface area (Å²) in [5.41, 5.74) is 5.75. The minimum Gasteiger partial charge on any atom is -0.493 e. The molecule has 1 aliphatic carbocycles. The first-order valence-electron chi connectivity index (χ1n) is 12.0. The SMILES string of the molecule is COc1cc2nc(-c3ccccc3C)c(CN(C(=O)c3sccc3C)C3CC3)cc2c(OC)c1OC. The van der Waals surface area contributed by atoms with Crippen molar-refractivity contribution >= 4 is 28.1 Å². The summed E-state index contributed by atoms with van der Waals surface area (Å²) in [4.78, 5) is 21.6. The minimum atomic E-state index is 0.0834. The molecule has 0 bridgehead atoms. The first kappa shape index (κ1) is 24.1.